The fourth-order valence-corrected chi connectivity index (χ4v) is 4.31. The van der Waals surface area contributed by atoms with Crippen LogP contribution in [0.15, 0.2) is 110 Å². The van der Waals surface area contributed by atoms with Crippen LogP contribution in [0, 0.1) is 0 Å². The Labute approximate surface area is 218 Å². The Morgan fingerprint density at radius 3 is 2.37 bits per heavy atom. The molecule has 0 atom stereocenters. The summed E-state index contributed by atoms with van der Waals surface area (Å²) in [4.78, 5) is 30.7. The minimum Gasteiger partial charge on any atom is -0.383 e. The number of hydrogen-bond acceptors (Lipinski definition) is 6. The van der Waals surface area contributed by atoms with E-state index in [1.807, 2.05) is 83.4 Å². The number of amides is 1. The van der Waals surface area contributed by atoms with E-state index in [1.54, 1.807) is 30.7 Å². The average molecular weight is 498 g/mol. The van der Waals surface area contributed by atoms with Crippen molar-refractivity contribution in [1.82, 2.24) is 29.8 Å². The van der Waals surface area contributed by atoms with E-state index in [0.717, 1.165) is 33.6 Å². The van der Waals surface area contributed by atoms with Crippen molar-refractivity contribution in [3.63, 3.8) is 0 Å². The first kappa shape index (κ1) is 23.1. The second kappa shape index (κ2) is 9.94. The van der Waals surface area contributed by atoms with Gasteiger partial charge in [0.15, 0.2) is 11.5 Å². The number of nitrogens with two attached hydrogens (primary N) is 1. The maximum absolute atomic E-state index is 12.4. The van der Waals surface area contributed by atoms with Crippen molar-refractivity contribution in [3.05, 3.63) is 121 Å². The molecule has 4 aromatic heterocycles. The largest absolute Gasteiger partial charge is 0.383 e. The first-order chi connectivity index (χ1) is 18.7. The van der Waals surface area contributed by atoms with E-state index in [0.29, 0.717) is 29.4 Å². The maximum Gasteiger partial charge on any atom is 0.251 e. The number of pyridine rings is 3. The number of carbonyl (C=O) groups is 1. The second-order valence-corrected chi connectivity index (χ2v) is 8.70. The van der Waals surface area contributed by atoms with Gasteiger partial charge >= 0.3 is 0 Å². The number of imidazole rings is 1. The Balaban J connectivity index is 1.39. The van der Waals surface area contributed by atoms with Crippen molar-refractivity contribution in [2.75, 3.05) is 5.73 Å². The Hall–Kier alpha value is -5.37. The highest BCUT2D eigenvalue weighted by atomic mass is 16.1. The number of carbonyl (C=O) groups excluding carboxylic acids is 1. The highest BCUT2D eigenvalue weighted by Crippen LogP contribution is 2.31. The van der Waals surface area contributed by atoms with Gasteiger partial charge in [-0.05, 0) is 66.2 Å². The zero-order valence-electron chi connectivity index (χ0n) is 20.3. The molecule has 0 fully saturated rings. The van der Waals surface area contributed by atoms with Gasteiger partial charge in [0.05, 0.1) is 11.3 Å². The number of fused-ring (bicyclic) bond motifs is 1. The molecular formula is C30H23N7O. The van der Waals surface area contributed by atoms with E-state index in [4.69, 9.17) is 15.7 Å². The molecule has 38 heavy (non-hydrogen) atoms. The molecule has 0 unspecified atom stereocenters. The molecule has 6 aromatic rings. The van der Waals surface area contributed by atoms with Gasteiger partial charge in [-0.1, -0.05) is 30.3 Å². The number of rotatable bonds is 6. The van der Waals surface area contributed by atoms with E-state index in [1.165, 1.54) is 0 Å². The SMILES string of the molecule is Nc1ncccc1-c1nc2ccc(-c3ccncc3)nc2n1-c1ccc(CNC(=O)c2ccccc2)cc1. The lowest BCUT2D eigenvalue weighted by Crippen LogP contribution is -2.22. The zero-order chi connectivity index (χ0) is 25.9. The third-order valence-corrected chi connectivity index (χ3v) is 6.24. The summed E-state index contributed by atoms with van der Waals surface area (Å²) in [5.74, 6) is 0.922. The monoisotopic (exact) mass is 497 g/mol. The van der Waals surface area contributed by atoms with Crippen molar-refractivity contribution in [2.24, 2.45) is 0 Å². The summed E-state index contributed by atoms with van der Waals surface area (Å²) in [7, 11) is 0. The lowest BCUT2D eigenvalue weighted by molar-refractivity contribution is 0.0951. The molecule has 0 aliphatic carbocycles. The van der Waals surface area contributed by atoms with E-state index in [-0.39, 0.29) is 5.91 Å². The van der Waals surface area contributed by atoms with Crippen LogP contribution in [0.5, 0.6) is 0 Å². The molecular weight excluding hydrogens is 474 g/mol. The van der Waals surface area contributed by atoms with Crippen molar-refractivity contribution in [3.8, 4) is 28.3 Å². The number of hydrogen-bond donors (Lipinski definition) is 2. The molecule has 8 heteroatoms. The molecule has 0 bridgehead atoms. The summed E-state index contributed by atoms with van der Waals surface area (Å²) in [6.07, 6.45) is 5.15. The Morgan fingerprint density at radius 1 is 0.816 bits per heavy atom. The number of aromatic nitrogens is 5. The topological polar surface area (TPSA) is 112 Å². The number of nitrogens with one attached hydrogen (secondary N) is 1. The predicted molar refractivity (Wildman–Crippen MR) is 147 cm³/mol. The number of nitrogen functional groups attached to an aromatic ring is 1. The molecule has 0 aliphatic heterocycles. The third-order valence-electron chi connectivity index (χ3n) is 6.24. The summed E-state index contributed by atoms with van der Waals surface area (Å²) in [5, 5.41) is 2.97. The van der Waals surface area contributed by atoms with E-state index in [9.17, 15) is 4.79 Å². The van der Waals surface area contributed by atoms with Gasteiger partial charge in [-0.2, -0.15) is 0 Å². The molecule has 0 spiro atoms. The number of anilines is 1. The van der Waals surface area contributed by atoms with Gasteiger partial charge in [0.25, 0.3) is 5.91 Å². The number of nitrogens with zero attached hydrogens (tertiary/aromatic N) is 5. The van der Waals surface area contributed by atoms with E-state index in [2.05, 4.69) is 15.3 Å². The quantitative estimate of drug-likeness (QED) is 0.333. The molecule has 4 heterocycles. The maximum atomic E-state index is 12.4. The van der Waals surface area contributed by atoms with Gasteiger partial charge in [-0.3, -0.25) is 14.3 Å². The van der Waals surface area contributed by atoms with Gasteiger partial charge in [0, 0.05) is 41.9 Å². The summed E-state index contributed by atoms with van der Waals surface area (Å²) < 4.78 is 1.99. The summed E-state index contributed by atoms with van der Waals surface area (Å²) >= 11 is 0. The fraction of sp³-hybridized carbons (Fsp3) is 0.0333. The summed E-state index contributed by atoms with van der Waals surface area (Å²) in [6, 6.07) is 28.6. The van der Waals surface area contributed by atoms with Crippen LogP contribution < -0.4 is 11.1 Å². The molecule has 8 nitrogen and oxygen atoms in total. The molecule has 0 aliphatic rings. The summed E-state index contributed by atoms with van der Waals surface area (Å²) in [5.41, 5.74) is 12.6. The molecule has 184 valence electrons. The fourth-order valence-electron chi connectivity index (χ4n) is 4.31. The molecule has 0 saturated carbocycles. The molecule has 0 radical (unpaired) electrons. The van der Waals surface area contributed by atoms with Gasteiger partial charge in [0.2, 0.25) is 0 Å². The molecule has 0 saturated heterocycles. The first-order valence-electron chi connectivity index (χ1n) is 12.1. The van der Waals surface area contributed by atoms with Crippen molar-refractivity contribution >= 4 is 22.9 Å². The van der Waals surface area contributed by atoms with Gasteiger partial charge < -0.3 is 11.1 Å². The van der Waals surface area contributed by atoms with Crippen LogP contribution >= 0.6 is 0 Å². The van der Waals surface area contributed by atoms with Crippen LogP contribution in [0.2, 0.25) is 0 Å². The van der Waals surface area contributed by atoms with Crippen molar-refractivity contribution < 1.29 is 4.79 Å². The zero-order valence-corrected chi connectivity index (χ0v) is 20.3. The van der Waals surface area contributed by atoms with Crippen LogP contribution in [-0.4, -0.2) is 30.4 Å². The van der Waals surface area contributed by atoms with Crippen molar-refractivity contribution in [2.45, 2.75) is 6.54 Å². The molecule has 6 rings (SSSR count). The minimum atomic E-state index is -0.113. The normalized spacial score (nSPS) is 10.9. The van der Waals surface area contributed by atoms with E-state index >= 15 is 0 Å². The second-order valence-electron chi connectivity index (χ2n) is 8.70. The van der Waals surface area contributed by atoms with Gasteiger partial charge in [0.1, 0.15) is 11.3 Å². The van der Waals surface area contributed by atoms with Crippen LogP contribution in [0.4, 0.5) is 5.82 Å². The highest BCUT2D eigenvalue weighted by Gasteiger charge is 2.18. The number of benzene rings is 2. The third kappa shape index (κ3) is 4.46. The smallest absolute Gasteiger partial charge is 0.251 e. The molecule has 3 N–H and O–H groups in total. The van der Waals surface area contributed by atoms with Crippen LogP contribution in [0.3, 0.4) is 0 Å². The van der Waals surface area contributed by atoms with Crippen molar-refractivity contribution in [1.29, 1.82) is 0 Å². The highest BCUT2D eigenvalue weighted by molar-refractivity contribution is 5.94. The lowest BCUT2D eigenvalue weighted by atomic mass is 10.1. The standard InChI is InChI=1S/C30H23N7O/c31-27-24(7-4-16-33-27)28-36-26-13-12-25(21-14-17-32-18-15-21)35-29(26)37(28)23-10-8-20(9-11-23)19-34-30(38)22-5-2-1-3-6-22/h1-18H,19H2,(H2,31,33)(H,34,38). The Bertz CT molecular complexity index is 1730. The van der Waals surface area contributed by atoms with Gasteiger partial charge in [-0.25, -0.2) is 15.0 Å². The van der Waals surface area contributed by atoms with Crippen LogP contribution in [0.25, 0.3) is 39.5 Å². The summed E-state index contributed by atoms with van der Waals surface area (Å²) in [6.45, 7) is 0.408. The van der Waals surface area contributed by atoms with Gasteiger partial charge in [-0.15, -0.1) is 0 Å². The molecule has 2 aromatic carbocycles. The Kier molecular flexibility index (Phi) is 6.03. The van der Waals surface area contributed by atoms with Crippen LogP contribution in [0.1, 0.15) is 15.9 Å². The van der Waals surface area contributed by atoms with Crippen LogP contribution in [-0.2, 0) is 6.54 Å². The average Bonchev–Trinajstić information content (AvgIpc) is 3.36. The van der Waals surface area contributed by atoms with E-state index < -0.39 is 0 Å². The molecule has 1 amide bonds. The minimum absolute atomic E-state index is 0.113. The lowest BCUT2D eigenvalue weighted by Gasteiger charge is -2.12. The first-order valence-corrected chi connectivity index (χ1v) is 12.1. The Morgan fingerprint density at radius 2 is 1.61 bits per heavy atom. The predicted octanol–water partition coefficient (Wildman–Crippen LogP) is 5.06.